The fourth-order valence-corrected chi connectivity index (χ4v) is 3.37. The third kappa shape index (κ3) is 4.56. The normalized spacial score (nSPS) is 17.2. The lowest BCUT2D eigenvalue weighted by molar-refractivity contribution is 0.178. The quantitative estimate of drug-likeness (QED) is 0.831. The molecule has 2 N–H and O–H groups in total. The Labute approximate surface area is 154 Å². The van der Waals surface area contributed by atoms with Gasteiger partial charge in [0.1, 0.15) is 5.75 Å². The molecule has 3 rings (SSSR count). The van der Waals surface area contributed by atoms with Crippen LogP contribution in [0.3, 0.4) is 0 Å². The van der Waals surface area contributed by atoms with Crippen molar-refractivity contribution in [3.05, 3.63) is 47.3 Å². The van der Waals surface area contributed by atoms with Gasteiger partial charge < -0.3 is 15.0 Å². The first kappa shape index (κ1) is 18.3. The van der Waals surface area contributed by atoms with Gasteiger partial charge in [-0.2, -0.15) is 5.10 Å². The van der Waals surface area contributed by atoms with Gasteiger partial charge >= 0.3 is 6.03 Å². The fourth-order valence-electron chi connectivity index (χ4n) is 3.37. The molecular weight excluding hydrogens is 328 g/mol. The number of carbonyl (C=O) groups excluding carboxylic acids is 1. The van der Waals surface area contributed by atoms with Crippen molar-refractivity contribution < 1.29 is 9.53 Å². The number of piperidine rings is 1. The van der Waals surface area contributed by atoms with Crippen LogP contribution in [0, 0.1) is 6.92 Å². The van der Waals surface area contributed by atoms with Crippen molar-refractivity contribution >= 4 is 6.03 Å². The van der Waals surface area contributed by atoms with E-state index in [1.807, 2.05) is 29.2 Å². The zero-order valence-corrected chi connectivity index (χ0v) is 15.6. The van der Waals surface area contributed by atoms with E-state index in [9.17, 15) is 4.79 Å². The highest BCUT2D eigenvalue weighted by atomic mass is 16.5. The Bertz CT molecular complexity index is 715. The molecule has 0 saturated carbocycles. The van der Waals surface area contributed by atoms with Gasteiger partial charge in [0.25, 0.3) is 0 Å². The summed E-state index contributed by atoms with van der Waals surface area (Å²) in [6, 6.07) is 8.04. The van der Waals surface area contributed by atoms with Gasteiger partial charge in [0.2, 0.25) is 0 Å². The molecular formula is C20H28N4O2. The van der Waals surface area contributed by atoms with Crippen molar-refractivity contribution in [3.8, 4) is 5.75 Å². The maximum absolute atomic E-state index is 12.6. The lowest BCUT2D eigenvalue weighted by Crippen LogP contribution is -2.44. The number of carbonyl (C=O) groups is 1. The molecule has 1 aliphatic rings. The lowest BCUT2D eigenvalue weighted by Gasteiger charge is -2.32. The zero-order valence-electron chi connectivity index (χ0n) is 15.6. The number of hydrogen-bond donors (Lipinski definition) is 2. The van der Waals surface area contributed by atoms with Crippen molar-refractivity contribution in [3.63, 3.8) is 0 Å². The summed E-state index contributed by atoms with van der Waals surface area (Å²) in [6.07, 6.45) is 4.86. The SMILES string of the molecule is CCCOc1ccc(CNC(=O)N2CCC[C@H](c3ccn[nH]3)C2)c(C)c1. The van der Waals surface area contributed by atoms with Crippen LogP contribution in [0.2, 0.25) is 0 Å². The van der Waals surface area contributed by atoms with Crippen LogP contribution in [0.25, 0.3) is 0 Å². The van der Waals surface area contributed by atoms with E-state index >= 15 is 0 Å². The van der Waals surface area contributed by atoms with E-state index < -0.39 is 0 Å². The number of rotatable bonds is 6. The monoisotopic (exact) mass is 356 g/mol. The van der Waals surface area contributed by atoms with Crippen molar-refractivity contribution in [2.24, 2.45) is 0 Å². The van der Waals surface area contributed by atoms with Gasteiger partial charge in [0.05, 0.1) is 6.61 Å². The van der Waals surface area contributed by atoms with Gasteiger partial charge in [-0.25, -0.2) is 4.79 Å². The standard InChI is InChI=1S/C20H28N4O2/c1-3-11-26-18-7-6-16(15(2)12-18)13-21-20(25)24-10-4-5-17(14-24)19-8-9-22-23-19/h6-9,12,17H,3-5,10-11,13-14H2,1-2H3,(H,21,25)(H,22,23)/t17-/m0/s1. The van der Waals surface area contributed by atoms with Crippen molar-refractivity contribution in [2.75, 3.05) is 19.7 Å². The average Bonchev–Trinajstić information content (AvgIpc) is 3.20. The summed E-state index contributed by atoms with van der Waals surface area (Å²) in [7, 11) is 0. The van der Waals surface area contributed by atoms with Crippen LogP contribution in [0.15, 0.2) is 30.5 Å². The highest BCUT2D eigenvalue weighted by Gasteiger charge is 2.25. The number of amides is 2. The molecule has 0 spiro atoms. The first-order valence-corrected chi connectivity index (χ1v) is 9.41. The minimum absolute atomic E-state index is 0.0000696. The Morgan fingerprint density at radius 3 is 3.04 bits per heavy atom. The minimum atomic E-state index is -0.0000696. The van der Waals surface area contributed by atoms with Crippen molar-refractivity contribution in [1.82, 2.24) is 20.4 Å². The predicted octanol–water partition coefficient (Wildman–Crippen LogP) is 3.60. The van der Waals surface area contributed by atoms with E-state index in [4.69, 9.17) is 4.74 Å². The molecule has 2 heterocycles. The van der Waals surface area contributed by atoms with Gasteiger partial charge in [-0.15, -0.1) is 0 Å². The Morgan fingerprint density at radius 2 is 2.31 bits per heavy atom. The molecule has 0 unspecified atom stereocenters. The molecule has 0 aliphatic carbocycles. The van der Waals surface area contributed by atoms with E-state index in [0.717, 1.165) is 61.5 Å². The number of nitrogens with one attached hydrogen (secondary N) is 2. The molecule has 2 aromatic rings. The van der Waals surface area contributed by atoms with Crippen molar-refractivity contribution in [2.45, 2.75) is 45.6 Å². The van der Waals surface area contributed by atoms with Gasteiger partial charge in [-0.1, -0.05) is 13.0 Å². The second-order valence-electron chi connectivity index (χ2n) is 6.89. The number of nitrogens with zero attached hydrogens (tertiary/aromatic N) is 2. The van der Waals surface area contributed by atoms with Gasteiger partial charge in [0.15, 0.2) is 0 Å². The smallest absolute Gasteiger partial charge is 0.317 e. The number of likely N-dealkylation sites (tertiary alicyclic amines) is 1. The predicted molar refractivity (Wildman–Crippen MR) is 101 cm³/mol. The Hall–Kier alpha value is -2.50. The summed E-state index contributed by atoms with van der Waals surface area (Å²) in [4.78, 5) is 14.5. The summed E-state index contributed by atoms with van der Waals surface area (Å²) in [5, 5.41) is 10.1. The molecule has 26 heavy (non-hydrogen) atoms. The van der Waals surface area contributed by atoms with E-state index in [-0.39, 0.29) is 6.03 Å². The number of urea groups is 1. The average molecular weight is 356 g/mol. The molecule has 1 atom stereocenters. The number of aromatic nitrogens is 2. The zero-order chi connectivity index (χ0) is 18.4. The van der Waals surface area contributed by atoms with Gasteiger partial charge in [-0.05, 0) is 55.5 Å². The maximum atomic E-state index is 12.6. The second kappa shape index (κ2) is 8.74. The Kier molecular flexibility index (Phi) is 6.15. The minimum Gasteiger partial charge on any atom is -0.494 e. The van der Waals surface area contributed by atoms with E-state index in [2.05, 4.69) is 29.4 Å². The van der Waals surface area contributed by atoms with E-state index in [0.29, 0.717) is 12.5 Å². The molecule has 1 aromatic heterocycles. The molecule has 0 radical (unpaired) electrons. The van der Waals surface area contributed by atoms with Crippen LogP contribution >= 0.6 is 0 Å². The number of H-pyrrole nitrogens is 1. The third-order valence-corrected chi connectivity index (χ3v) is 4.89. The summed E-state index contributed by atoms with van der Waals surface area (Å²) in [5.74, 6) is 1.23. The van der Waals surface area contributed by atoms with E-state index in [1.165, 1.54) is 0 Å². The highest BCUT2D eigenvalue weighted by Crippen LogP contribution is 2.25. The van der Waals surface area contributed by atoms with Crippen LogP contribution in [0.4, 0.5) is 4.79 Å². The second-order valence-corrected chi connectivity index (χ2v) is 6.89. The third-order valence-electron chi connectivity index (χ3n) is 4.89. The number of benzene rings is 1. The van der Waals surface area contributed by atoms with Gasteiger partial charge in [-0.3, -0.25) is 5.10 Å². The molecule has 0 bridgehead atoms. The highest BCUT2D eigenvalue weighted by molar-refractivity contribution is 5.74. The maximum Gasteiger partial charge on any atom is 0.317 e. The number of aromatic amines is 1. The fraction of sp³-hybridized carbons (Fsp3) is 0.500. The molecule has 6 heteroatoms. The Morgan fingerprint density at radius 1 is 1.42 bits per heavy atom. The number of ether oxygens (including phenoxy) is 1. The summed E-state index contributed by atoms with van der Waals surface area (Å²) >= 11 is 0. The van der Waals surface area contributed by atoms with Crippen LogP contribution in [-0.4, -0.2) is 40.8 Å². The van der Waals surface area contributed by atoms with Gasteiger partial charge in [0, 0.05) is 37.4 Å². The summed E-state index contributed by atoms with van der Waals surface area (Å²) in [5.41, 5.74) is 3.36. The number of aryl methyl sites for hydroxylation is 1. The largest absolute Gasteiger partial charge is 0.494 e. The van der Waals surface area contributed by atoms with E-state index in [1.54, 1.807) is 6.20 Å². The van der Waals surface area contributed by atoms with Crippen LogP contribution < -0.4 is 10.1 Å². The topological polar surface area (TPSA) is 70.2 Å². The van der Waals surface area contributed by atoms with Crippen molar-refractivity contribution in [1.29, 1.82) is 0 Å². The lowest BCUT2D eigenvalue weighted by atomic mass is 9.95. The molecule has 6 nitrogen and oxygen atoms in total. The molecule has 1 saturated heterocycles. The molecule has 2 amide bonds. The van der Waals surface area contributed by atoms with Crippen LogP contribution in [0.5, 0.6) is 5.75 Å². The summed E-state index contributed by atoms with van der Waals surface area (Å²) < 4.78 is 5.66. The molecule has 140 valence electrons. The molecule has 1 fully saturated rings. The first-order valence-electron chi connectivity index (χ1n) is 9.41. The Balaban J connectivity index is 1.53. The first-order chi connectivity index (χ1) is 12.7. The number of hydrogen-bond acceptors (Lipinski definition) is 3. The van der Waals surface area contributed by atoms with Crippen LogP contribution in [0.1, 0.15) is 48.9 Å². The van der Waals surface area contributed by atoms with Crippen LogP contribution in [-0.2, 0) is 6.54 Å². The molecule has 1 aromatic carbocycles. The summed E-state index contributed by atoms with van der Waals surface area (Å²) in [6.45, 7) is 6.94. The molecule has 1 aliphatic heterocycles.